The van der Waals surface area contributed by atoms with Gasteiger partial charge < -0.3 is 10.0 Å². The maximum Gasteiger partial charge on any atom is 0.168 e. The molecule has 0 unspecified atom stereocenters. The van der Waals surface area contributed by atoms with E-state index < -0.39 is 0 Å². The first-order valence-corrected chi connectivity index (χ1v) is 5.05. The maximum atomic E-state index is 10.4. The Morgan fingerprint density at radius 1 is 1.60 bits per heavy atom. The van der Waals surface area contributed by atoms with Gasteiger partial charge in [0.1, 0.15) is 5.69 Å². The van der Waals surface area contributed by atoms with Crippen LogP contribution < -0.4 is 4.90 Å². The molecule has 1 atom stereocenters. The molecule has 1 aliphatic rings. The molecule has 0 radical (unpaired) electrons. The van der Waals surface area contributed by atoms with Crippen molar-refractivity contribution in [2.24, 2.45) is 5.92 Å². The normalized spacial score (nSPS) is 18.4. The summed E-state index contributed by atoms with van der Waals surface area (Å²) in [6.45, 7) is 3.54. The topological polar surface area (TPSA) is 53.4 Å². The Morgan fingerprint density at radius 2 is 2.33 bits per heavy atom. The smallest absolute Gasteiger partial charge is 0.168 e. The van der Waals surface area contributed by atoms with Crippen LogP contribution in [0.5, 0.6) is 0 Å². The van der Waals surface area contributed by atoms with Crippen LogP contribution in [0.4, 0.5) is 5.69 Å². The highest BCUT2D eigenvalue weighted by molar-refractivity contribution is 5.72. The number of aliphatic hydroxyl groups is 1. The van der Waals surface area contributed by atoms with Gasteiger partial charge >= 0.3 is 0 Å². The molecule has 2 rings (SSSR count). The number of carbonyl (C=O) groups is 1. The van der Waals surface area contributed by atoms with Gasteiger partial charge in [-0.2, -0.15) is 0 Å². The first-order valence-electron chi connectivity index (χ1n) is 5.05. The van der Waals surface area contributed by atoms with Crippen molar-refractivity contribution >= 4 is 12.0 Å². The minimum absolute atomic E-state index is 0.247. The predicted molar refractivity (Wildman–Crippen MR) is 57.0 cm³/mol. The molecule has 80 valence electrons. The minimum atomic E-state index is -0.247. The van der Waals surface area contributed by atoms with E-state index in [9.17, 15) is 9.90 Å². The maximum absolute atomic E-state index is 10.4. The number of anilines is 1. The van der Waals surface area contributed by atoms with Crippen LogP contribution in [-0.4, -0.2) is 35.6 Å². The van der Waals surface area contributed by atoms with Crippen molar-refractivity contribution in [1.29, 1.82) is 0 Å². The highest BCUT2D eigenvalue weighted by Gasteiger charge is 2.30. The van der Waals surface area contributed by atoms with Crippen LogP contribution in [0.25, 0.3) is 0 Å². The molecular weight excluding hydrogens is 192 g/mol. The van der Waals surface area contributed by atoms with Crippen molar-refractivity contribution < 1.29 is 9.90 Å². The number of aliphatic hydroxyl groups excluding tert-OH is 1. The lowest BCUT2D eigenvalue weighted by molar-refractivity contribution is 0.107. The summed E-state index contributed by atoms with van der Waals surface area (Å²) in [5, 5.41) is 9.33. The van der Waals surface area contributed by atoms with Crippen molar-refractivity contribution in [3.63, 3.8) is 0 Å². The van der Waals surface area contributed by atoms with Crippen LogP contribution in [-0.2, 0) is 0 Å². The third-order valence-electron chi connectivity index (χ3n) is 2.85. The molecule has 1 saturated heterocycles. The molecule has 1 aromatic rings. The lowest BCUT2D eigenvalue weighted by Gasteiger charge is -2.42. The molecule has 1 aromatic heterocycles. The van der Waals surface area contributed by atoms with E-state index in [-0.39, 0.29) is 6.10 Å². The lowest BCUT2D eigenvalue weighted by atomic mass is 9.94. The zero-order chi connectivity index (χ0) is 10.8. The molecule has 4 nitrogen and oxygen atoms in total. The van der Waals surface area contributed by atoms with Gasteiger partial charge in [-0.1, -0.05) is 0 Å². The number of aldehydes is 1. The average Bonchev–Trinajstić information content (AvgIpc) is 2.16. The molecule has 0 spiro atoms. The van der Waals surface area contributed by atoms with Gasteiger partial charge in [0.25, 0.3) is 0 Å². The van der Waals surface area contributed by atoms with Crippen molar-refractivity contribution in [3.8, 4) is 0 Å². The number of hydrogen-bond acceptors (Lipinski definition) is 4. The Labute approximate surface area is 88.6 Å². The first kappa shape index (κ1) is 10.1. The second kappa shape index (κ2) is 3.98. The van der Waals surface area contributed by atoms with Crippen LogP contribution in [0.2, 0.25) is 0 Å². The molecule has 1 fully saturated rings. The molecule has 0 saturated carbocycles. The Balaban J connectivity index is 1.98. The van der Waals surface area contributed by atoms with E-state index in [1.165, 1.54) is 0 Å². The number of carbonyl (C=O) groups excluding carboxylic acids is 1. The molecule has 15 heavy (non-hydrogen) atoms. The summed E-state index contributed by atoms with van der Waals surface area (Å²) < 4.78 is 0. The van der Waals surface area contributed by atoms with E-state index in [0.717, 1.165) is 25.1 Å². The number of pyridine rings is 1. The van der Waals surface area contributed by atoms with Crippen molar-refractivity contribution in [2.45, 2.75) is 13.0 Å². The molecule has 1 N–H and O–H groups in total. The first-order chi connectivity index (χ1) is 7.20. The van der Waals surface area contributed by atoms with Gasteiger partial charge in [-0.25, -0.2) is 0 Å². The largest absolute Gasteiger partial charge is 0.393 e. The van der Waals surface area contributed by atoms with Crippen molar-refractivity contribution in [3.05, 3.63) is 24.0 Å². The van der Waals surface area contributed by atoms with Crippen LogP contribution in [0.3, 0.4) is 0 Å². The van der Waals surface area contributed by atoms with Gasteiger partial charge in [0, 0.05) is 19.0 Å². The highest BCUT2D eigenvalue weighted by atomic mass is 16.3. The molecule has 2 heterocycles. The monoisotopic (exact) mass is 206 g/mol. The van der Waals surface area contributed by atoms with E-state index in [4.69, 9.17) is 0 Å². The Kier molecular flexibility index (Phi) is 2.68. The third-order valence-corrected chi connectivity index (χ3v) is 2.85. The van der Waals surface area contributed by atoms with E-state index in [2.05, 4.69) is 9.88 Å². The second-order valence-corrected chi connectivity index (χ2v) is 3.96. The number of rotatable bonds is 3. The zero-order valence-electron chi connectivity index (χ0n) is 8.63. The number of hydrogen-bond donors (Lipinski definition) is 1. The van der Waals surface area contributed by atoms with Crippen molar-refractivity contribution in [1.82, 2.24) is 4.98 Å². The van der Waals surface area contributed by atoms with E-state index in [1.54, 1.807) is 12.3 Å². The zero-order valence-corrected chi connectivity index (χ0v) is 8.63. The summed E-state index contributed by atoms with van der Waals surface area (Å²) in [6.07, 6.45) is 2.18. The van der Waals surface area contributed by atoms with Gasteiger partial charge in [0.2, 0.25) is 0 Å². The quantitative estimate of drug-likeness (QED) is 0.740. The van der Waals surface area contributed by atoms with Crippen molar-refractivity contribution in [2.75, 3.05) is 18.0 Å². The molecule has 0 amide bonds. The van der Waals surface area contributed by atoms with Crippen LogP contribution in [0.15, 0.2) is 18.3 Å². The summed E-state index contributed by atoms with van der Waals surface area (Å²) in [5.74, 6) is 0.357. The van der Waals surface area contributed by atoms with Gasteiger partial charge in [0.05, 0.1) is 18.0 Å². The standard InChI is InChI=1S/C11H14N2O2/c1-8(15)9-5-13(6-9)11-3-2-10(7-14)12-4-11/h2-4,7-9,15H,5-6H2,1H3/t8-/m0/s1. The summed E-state index contributed by atoms with van der Waals surface area (Å²) in [7, 11) is 0. The fraction of sp³-hybridized carbons (Fsp3) is 0.455. The average molecular weight is 206 g/mol. The molecule has 0 aliphatic carbocycles. The van der Waals surface area contributed by atoms with Crippen LogP contribution in [0, 0.1) is 5.92 Å². The number of aromatic nitrogens is 1. The van der Waals surface area contributed by atoms with E-state index in [0.29, 0.717) is 11.6 Å². The Bertz CT molecular complexity index is 342. The fourth-order valence-corrected chi connectivity index (χ4v) is 1.68. The lowest BCUT2D eigenvalue weighted by Crippen LogP contribution is -2.51. The summed E-state index contributed by atoms with van der Waals surface area (Å²) in [5.41, 5.74) is 1.46. The third kappa shape index (κ3) is 1.99. The van der Waals surface area contributed by atoms with E-state index in [1.807, 2.05) is 13.0 Å². The Morgan fingerprint density at radius 3 is 2.80 bits per heavy atom. The van der Waals surface area contributed by atoms with Gasteiger partial charge in [0.15, 0.2) is 6.29 Å². The predicted octanol–water partition coefficient (Wildman–Crippen LogP) is 0.711. The summed E-state index contributed by atoms with van der Waals surface area (Å²) in [4.78, 5) is 16.5. The van der Waals surface area contributed by atoms with Gasteiger partial charge in [-0.15, -0.1) is 0 Å². The molecule has 4 heteroatoms. The second-order valence-electron chi connectivity index (χ2n) is 3.96. The fourth-order valence-electron chi connectivity index (χ4n) is 1.68. The SMILES string of the molecule is C[C@H](O)C1CN(c2ccc(C=O)nc2)C1. The molecule has 0 bridgehead atoms. The summed E-state index contributed by atoms with van der Waals surface area (Å²) in [6, 6.07) is 3.59. The van der Waals surface area contributed by atoms with Crippen LogP contribution in [0.1, 0.15) is 17.4 Å². The number of nitrogens with zero attached hydrogens (tertiary/aromatic N) is 2. The highest BCUT2D eigenvalue weighted by Crippen LogP contribution is 2.25. The molecular formula is C11H14N2O2. The van der Waals surface area contributed by atoms with Gasteiger partial charge in [-0.05, 0) is 19.1 Å². The van der Waals surface area contributed by atoms with E-state index >= 15 is 0 Å². The minimum Gasteiger partial charge on any atom is -0.393 e. The summed E-state index contributed by atoms with van der Waals surface area (Å²) >= 11 is 0. The Hall–Kier alpha value is -1.42. The van der Waals surface area contributed by atoms with Crippen LogP contribution >= 0.6 is 0 Å². The van der Waals surface area contributed by atoms with Gasteiger partial charge in [-0.3, -0.25) is 9.78 Å². The molecule has 1 aliphatic heterocycles. The molecule has 0 aromatic carbocycles.